The van der Waals surface area contributed by atoms with E-state index >= 15 is 0 Å². The maximum absolute atomic E-state index is 13.7. The van der Waals surface area contributed by atoms with Gasteiger partial charge in [-0.3, -0.25) is 9.59 Å². The first-order valence-electron chi connectivity index (χ1n) is 9.96. The number of amides is 1. The number of hydrogen-bond donors (Lipinski definition) is 1. The second kappa shape index (κ2) is 10.9. The molecule has 166 valence electrons. The van der Waals surface area contributed by atoms with Gasteiger partial charge in [0, 0.05) is 0 Å². The van der Waals surface area contributed by atoms with Crippen molar-refractivity contribution in [2.45, 2.75) is 12.5 Å². The van der Waals surface area contributed by atoms with Gasteiger partial charge in [0.05, 0.1) is 26.7 Å². The van der Waals surface area contributed by atoms with Gasteiger partial charge in [0.25, 0.3) is 5.91 Å². The van der Waals surface area contributed by atoms with Gasteiger partial charge in [-0.2, -0.15) is 0 Å². The van der Waals surface area contributed by atoms with Crippen LogP contribution in [0.2, 0.25) is 0 Å². The standard InChI is InChI=1S/C25H24FNO5/c1-30-20-11-7-17(8-12-20)25(18-9-13-21(31-2)14-10-18)27-23(28)16-32-24(29)15-19-5-3-4-6-22(19)26/h3-14,25H,15-16H2,1-2H3,(H,27,28). The summed E-state index contributed by atoms with van der Waals surface area (Å²) in [5, 5.41) is 2.88. The molecule has 7 heteroatoms. The van der Waals surface area contributed by atoms with E-state index in [1.165, 1.54) is 18.2 Å². The van der Waals surface area contributed by atoms with Gasteiger partial charge in [-0.1, -0.05) is 42.5 Å². The first-order chi connectivity index (χ1) is 15.5. The summed E-state index contributed by atoms with van der Waals surface area (Å²) in [7, 11) is 3.15. The molecule has 0 saturated carbocycles. The monoisotopic (exact) mass is 437 g/mol. The number of carbonyl (C=O) groups excluding carboxylic acids is 2. The highest BCUT2D eigenvalue weighted by atomic mass is 19.1. The number of ether oxygens (including phenoxy) is 3. The van der Waals surface area contributed by atoms with Crippen LogP contribution in [0, 0.1) is 5.82 Å². The number of nitrogens with one attached hydrogen (secondary N) is 1. The smallest absolute Gasteiger partial charge is 0.310 e. The molecule has 0 aromatic heterocycles. The maximum Gasteiger partial charge on any atom is 0.310 e. The molecular weight excluding hydrogens is 413 g/mol. The Bertz CT molecular complexity index is 1000. The largest absolute Gasteiger partial charge is 0.497 e. The normalized spacial score (nSPS) is 10.5. The summed E-state index contributed by atoms with van der Waals surface area (Å²) in [6.45, 7) is -0.476. The van der Waals surface area contributed by atoms with Crippen LogP contribution < -0.4 is 14.8 Å². The Morgan fingerprint density at radius 1 is 0.844 bits per heavy atom. The molecule has 0 aliphatic heterocycles. The number of carbonyl (C=O) groups is 2. The molecule has 6 nitrogen and oxygen atoms in total. The summed E-state index contributed by atoms with van der Waals surface area (Å²) in [4.78, 5) is 24.6. The molecule has 0 saturated heterocycles. The molecule has 0 aliphatic carbocycles. The summed E-state index contributed by atoms with van der Waals surface area (Å²) < 4.78 is 29.2. The third-order valence-corrected chi connectivity index (χ3v) is 4.86. The van der Waals surface area contributed by atoms with Crippen LogP contribution in [-0.4, -0.2) is 32.7 Å². The SMILES string of the molecule is COc1ccc(C(NC(=O)COC(=O)Cc2ccccc2F)c2ccc(OC)cc2)cc1. The van der Waals surface area contributed by atoms with E-state index in [1.54, 1.807) is 44.6 Å². The van der Waals surface area contributed by atoms with Crippen LogP contribution in [0.5, 0.6) is 11.5 Å². The molecule has 0 spiro atoms. The lowest BCUT2D eigenvalue weighted by Gasteiger charge is -2.20. The van der Waals surface area contributed by atoms with Crippen LogP contribution in [0.1, 0.15) is 22.7 Å². The zero-order chi connectivity index (χ0) is 22.9. The molecule has 3 aromatic rings. The summed E-state index contributed by atoms with van der Waals surface area (Å²) in [6, 6.07) is 20.0. The van der Waals surface area contributed by atoms with Crippen LogP contribution in [0.4, 0.5) is 4.39 Å². The lowest BCUT2D eigenvalue weighted by molar-refractivity contribution is -0.148. The third kappa shape index (κ3) is 6.07. The van der Waals surface area contributed by atoms with Crippen molar-refractivity contribution in [3.05, 3.63) is 95.3 Å². The summed E-state index contributed by atoms with van der Waals surface area (Å²) in [6.07, 6.45) is -0.250. The van der Waals surface area contributed by atoms with Gasteiger partial charge in [0.15, 0.2) is 6.61 Å². The second-order valence-corrected chi connectivity index (χ2v) is 6.98. The fourth-order valence-electron chi connectivity index (χ4n) is 3.15. The van der Waals surface area contributed by atoms with Gasteiger partial charge in [0.2, 0.25) is 0 Å². The molecule has 0 heterocycles. The molecular formula is C25H24FNO5. The quantitative estimate of drug-likeness (QED) is 0.515. The molecule has 3 aromatic carbocycles. The van der Waals surface area contributed by atoms with Gasteiger partial charge < -0.3 is 19.5 Å². The molecule has 0 atom stereocenters. The van der Waals surface area contributed by atoms with Crippen molar-refractivity contribution >= 4 is 11.9 Å². The Morgan fingerprint density at radius 2 is 1.38 bits per heavy atom. The fourth-order valence-corrected chi connectivity index (χ4v) is 3.15. The number of rotatable bonds is 9. The molecule has 1 N–H and O–H groups in total. The number of esters is 1. The minimum Gasteiger partial charge on any atom is -0.497 e. The fraction of sp³-hybridized carbons (Fsp3) is 0.200. The van der Waals surface area contributed by atoms with Crippen LogP contribution in [0.15, 0.2) is 72.8 Å². The highest BCUT2D eigenvalue weighted by Gasteiger charge is 2.19. The lowest BCUT2D eigenvalue weighted by atomic mass is 9.98. The van der Waals surface area contributed by atoms with E-state index in [-0.39, 0.29) is 12.0 Å². The number of halogens is 1. The highest BCUT2D eigenvalue weighted by Crippen LogP contribution is 2.26. The summed E-state index contributed by atoms with van der Waals surface area (Å²) >= 11 is 0. The second-order valence-electron chi connectivity index (χ2n) is 6.98. The van der Waals surface area contributed by atoms with E-state index in [0.717, 1.165) is 11.1 Å². The Labute approximate surface area is 185 Å². The number of methoxy groups -OCH3 is 2. The van der Waals surface area contributed by atoms with Gasteiger partial charge in [0.1, 0.15) is 17.3 Å². The van der Waals surface area contributed by atoms with E-state index in [0.29, 0.717) is 11.5 Å². The van der Waals surface area contributed by atoms with Crippen molar-refractivity contribution in [3.8, 4) is 11.5 Å². The lowest BCUT2D eigenvalue weighted by Crippen LogP contribution is -2.33. The highest BCUT2D eigenvalue weighted by molar-refractivity contribution is 5.82. The van der Waals surface area contributed by atoms with Gasteiger partial charge in [-0.25, -0.2) is 4.39 Å². The molecule has 0 unspecified atom stereocenters. The van der Waals surface area contributed by atoms with E-state index in [1.807, 2.05) is 24.3 Å². The Morgan fingerprint density at radius 3 is 1.88 bits per heavy atom. The van der Waals surface area contributed by atoms with E-state index in [2.05, 4.69) is 5.32 Å². The molecule has 1 amide bonds. The van der Waals surface area contributed by atoms with Crippen LogP contribution >= 0.6 is 0 Å². The van der Waals surface area contributed by atoms with Crippen molar-refractivity contribution in [1.82, 2.24) is 5.32 Å². The topological polar surface area (TPSA) is 73.9 Å². The molecule has 3 rings (SSSR count). The van der Waals surface area contributed by atoms with Crippen molar-refractivity contribution in [1.29, 1.82) is 0 Å². The minimum atomic E-state index is -0.685. The van der Waals surface area contributed by atoms with Crippen LogP contribution in [0.25, 0.3) is 0 Å². The Balaban J connectivity index is 1.68. The average Bonchev–Trinajstić information content (AvgIpc) is 2.83. The Kier molecular flexibility index (Phi) is 7.80. The predicted molar refractivity (Wildman–Crippen MR) is 117 cm³/mol. The first-order valence-corrected chi connectivity index (χ1v) is 9.96. The predicted octanol–water partition coefficient (Wildman–Crippen LogP) is 3.83. The maximum atomic E-state index is 13.7. The van der Waals surface area contributed by atoms with Gasteiger partial charge in [-0.05, 0) is 47.0 Å². The Hall–Kier alpha value is -3.87. The molecule has 0 bridgehead atoms. The summed E-state index contributed by atoms with van der Waals surface area (Å²) in [5.41, 5.74) is 1.86. The van der Waals surface area contributed by atoms with E-state index in [9.17, 15) is 14.0 Å². The first kappa shape index (κ1) is 22.8. The van der Waals surface area contributed by atoms with Crippen molar-refractivity contribution in [3.63, 3.8) is 0 Å². The van der Waals surface area contributed by atoms with Crippen molar-refractivity contribution < 1.29 is 28.2 Å². The minimum absolute atomic E-state index is 0.215. The van der Waals surface area contributed by atoms with E-state index < -0.39 is 30.3 Å². The molecule has 32 heavy (non-hydrogen) atoms. The molecule has 0 aliphatic rings. The van der Waals surface area contributed by atoms with Crippen molar-refractivity contribution in [2.24, 2.45) is 0 Å². The van der Waals surface area contributed by atoms with Crippen LogP contribution in [-0.2, 0) is 20.7 Å². The zero-order valence-electron chi connectivity index (χ0n) is 17.8. The van der Waals surface area contributed by atoms with Crippen LogP contribution in [0.3, 0.4) is 0 Å². The van der Waals surface area contributed by atoms with Crippen molar-refractivity contribution in [2.75, 3.05) is 20.8 Å². The zero-order valence-corrected chi connectivity index (χ0v) is 17.8. The van der Waals surface area contributed by atoms with Gasteiger partial charge in [-0.15, -0.1) is 0 Å². The third-order valence-electron chi connectivity index (χ3n) is 4.86. The molecule has 0 radical (unpaired) electrons. The number of benzene rings is 3. The van der Waals surface area contributed by atoms with E-state index in [4.69, 9.17) is 14.2 Å². The summed E-state index contributed by atoms with van der Waals surface area (Å²) in [5.74, 6) is -0.279. The molecule has 0 fully saturated rings. The van der Waals surface area contributed by atoms with Gasteiger partial charge >= 0.3 is 5.97 Å². The number of hydrogen-bond acceptors (Lipinski definition) is 5. The average molecular weight is 437 g/mol.